The van der Waals surface area contributed by atoms with Gasteiger partial charge in [-0.25, -0.2) is 0 Å². The van der Waals surface area contributed by atoms with Crippen molar-refractivity contribution in [2.75, 3.05) is 0 Å². The first-order valence-corrected chi connectivity index (χ1v) is 4.84. The number of carbonyl (C=O) groups is 2. The second-order valence-electron chi connectivity index (χ2n) is 4.26. The van der Waals surface area contributed by atoms with E-state index >= 15 is 0 Å². The van der Waals surface area contributed by atoms with E-state index in [2.05, 4.69) is 0 Å². The minimum atomic E-state index is -0.170. The molecule has 3 rings (SSSR count). The van der Waals surface area contributed by atoms with Crippen LogP contribution in [0.25, 0.3) is 0 Å². The van der Waals surface area contributed by atoms with Gasteiger partial charge in [-0.1, -0.05) is 0 Å². The Balaban J connectivity index is 1.84. The monoisotopic (exact) mass is 180 g/mol. The minimum absolute atomic E-state index is 0.00722. The van der Waals surface area contributed by atoms with Crippen molar-refractivity contribution in [2.45, 2.75) is 31.3 Å². The predicted molar refractivity (Wildman–Crippen MR) is 44.4 cm³/mol. The van der Waals surface area contributed by atoms with Gasteiger partial charge in [-0.05, 0) is 19.3 Å². The first kappa shape index (κ1) is 7.50. The van der Waals surface area contributed by atoms with E-state index in [1.165, 1.54) is 4.90 Å². The van der Waals surface area contributed by atoms with Gasteiger partial charge in [0.25, 0.3) is 0 Å². The first-order valence-electron chi connectivity index (χ1n) is 4.84. The van der Waals surface area contributed by atoms with E-state index in [9.17, 15) is 9.59 Å². The van der Waals surface area contributed by atoms with E-state index < -0.39 is 0 Å². The van der Waals surface area contributed by atoms with Gasteiger partial charge in [0.15, 0.2) is 0 Å². The third-order valence-electron chi connectivity index (χ3n) is 3.56. The lowest BCUT2D eigenvalue weighted by Crippen LogP contribution is -2.47. The van der Waals surface area contributed by atoms with Gasteiger partial charge in [0.05, 0.1) is 11.8 Å². The molecule has 1 heterocycles. The molecule has 2 saturated carbocycles. The molecule has 1 saturated heterocycles. The zero-order valence-electron chi connectivity index (χ0n) is 7.27. The maximum Gasteiger partial charge on any atom is 0.235 e. The Morgan fingerprint density at radius 3 is 2.08 bits per heavy atom. The molecule has 0 radical (unpaired) electrons. The number of likely N-dealkylation sites (tertiary alicyclic amines) is 1. The summed E-state index contributed by atoms with van der Waals surface area (Å²) in [5.41, 5.74) is 5.61. The Labute approximate surface area is 76.1 Å². The molecule has 0 spiro atoms. The summed E-state index contributed by atoms with van der Waals surface area (Å²) in [5.74, 6) is -0.333. The van der Waals surface area contributed by atoms with Crippen molar-refractivity contribution in [3.05, 3.63) is 0 Å². The van der Waals surface area contributed by atoms with E-state index in [4.69, 9.17) is 5.73 Å². The average Bonchev–Trinajstić information content (AvgIpc) is 2.58. The van der Waals surface area contributed by atoms with E-state index in [0.29, 0.717) is 0 Å². The van der Waals surface area contributed by atoms with Crippen LogP contribution in [0.4, 0.5) is 0 Å². The van der Waals surface area contributed by atoms with Crippen molar-refractivity contribution < 1.29 is 9.59 Å². The largest absolute Gasteiger partial charge is 0.326 e. The van der Waals surface area contributed by atoms with Crippen LogP contribution in [0.15, 0.2) is 0 Å². The first-order chi connectivity index (χ1) is 6.22. The molecule has 4 nitrogen and oxygen atoms in total. The van der Waals surface area contributed by atoms with Gasteiger partial charge in [0, 0.05) is 12.1 Å². The number of carbonyl (C=O) groups excluding carboxylic acids is 2. The summed E-state index contributed by atoms with van der Waals surface area (Å²) in [6, 6.07) is 0.0383. The Bertz CT molecular complexity index is 276. The Morgan fingerprint density at radius 2 is 1.69 bits per heavy atom. The molecule has 4 heteroatoms. The molecular weight excluding hydrogens is 168 g/mol. The van der Waals surface area contributed by atoms with Gasteiger partial charge in [0.2, 0.25) is 11.8 Å². The smallest absolute Gasteiger partial charge is 0.235 e. The predicted octanol–water partition coefficient (Wildman–Crippen LogP) is -0.519. The molecule has 70 valence electrons. The van der Waals surface area contributed by atoms with Crippen molar-refractivity contribution in [3.8, 4) is 0 Å². The lowest BCUT2D eigenvalue weighted by atomic mass is 9.91. The van der Waals surface area contributed by atoms with Crippen LogP contribution in [0.1, 0.15) is 19.3 Å². The molecule has 0 aromatic carbocycles. The number of hydrogen-bond donors (Lipinski definition) is 1. The molecule has 3 fully saturated rings. The highest BCUT2D eigenvalue weighted by molar-refractivity contribution is 6.10. The summed E-state index contributed by atoms with van der Waals surface area (Å²) in [5, 5.41) is 0. The van der Waals surface area contributed by atoms with Crippen LogP contribution in [-0.4, -0.2) is 28.8 Å². The molecule has 0 aromatic heterocycles. The van der Waals surface area contributed by atoms with Gasteiger partial charge in [-0.2, -0.15) is 0 Å². The normalized spacial score (nSPS) is 43.5. The molecule has 2 N–H and O–H groups in total. The maximum atomic E-state index is 11.6. The minimum Gasteiger partial charge on any atom is -0.326 e. The van der Waals surface area contributed by atoms with Gasteiger partial charge in [-0.3, -0.25) is 14.5 Å². The molecule has 1 aliphatic heterocycles. The van der Waals surface area contributed by atoms with E-state index in [-0.39, 0.29) is 35.7 Å². The number of hydrogen-bond acceptors (Lipinski definition) is 3. The third kappa shape index (κ3) is 0.746. The van der Waals surface area contributed by atoms with Crippen LogP contribution in [0.3, 0.4) is 0 Å². The topological polar surface area (TPSA) is 63.4 Å². The van der Waals surface area contributed by atoms with Gasteiger partial charge in [0.1, 0.15) is 0 Å². The Kier molecular flexibility index (Phi) is 1.22. The molecule has 3 aliphatic rings. The van der Waals surface area contributed by atoms with Crippen molar-refractivity contribution in [1.29, 1.82) is 0 Å². The number of amides is 2. The highest BCUT2D eigenvalue weighted by Gasteiger charge is 2.66. The Hall–Kier alpha value is -0.900. The van der Waals surface area contributed by atoms with Gasteiger partial charge in [-0.15, -0.1) is 0 Å². The lowest BCUT2D eigenvalue weighted by Gasteiger charge is -2.34. The van der Waals surface area contributed by atoms with Crippen molar-refractivity contribution in [3.63, 3.8) is 0 Å². The lowest BCUT2D eigenvalue weighted by molar-refractivity contribution is -0.146. The van der Waals surface area contributed by atoms with Crippen LogP contribution < -0.4 is 5.73 Å². The maximum absolute atomic E-state index is 11.6. The highest BCUT2D eigenvalue weighted by atomic mass is 16.2. The Morgan fingerprint density at radius 1 is 1.15 bits per heavy atom. The molecular formula is C9H12N2O2. The zero-order chi connectivity index (χ0) is 9.16. The van der Waals surface area contributed by atoms with E-state index in [0.717, 1.165) is 19.3 Å². The fraction of sp³-hybridized carbons (Fsp3) is 0.778. The van der Waals surface area contributed by atoms with Crippen molar-refractivity contribution in [1.82, 2.24) is 4.90 Å². The van der Waals surface area contributed by atoms with Crippen molar-refractivity contribution in [2.24, 2.45) is 17.6 Å². The molecule has 13 heavy (non-hydrogen) atoms. The molecule has 2 unspecified atom stereocenters. The zero-order valence-corrected chi connectivity index (χ0v) is 7.27. The highest BCUT2D eigenvalue weighted by Crippen LogP contribution is 2.48. The third-order valence-corrected chi connectivity index (χ3v) is 3.56. The number of imide groups is 1. The van der Waals surface area contributed by atoms with Gasteiger partial charge < -0.3 is 5.73 Å². The number of fused-ring (bicyclic) bond motifs is 1. The fourth-order valence-corrected chi connectivity index (χ4v) is 2.41. The second-order valence-corrected chi connectivity index (χ2v) is 4.26. The standard InChI is InChI=1S/C9H12N2O2/c10-7-5-6(7)9(13)11(8(5)12)4-2-1-3-4/h4-7H,1-3,10H2. The summed E-state index contributed by atoms with van der Waals surface area (Å²) < 4.78 is 0. The van der Waals surface area contributed by atoms with E-state index in [1.807, 2.05) is 0 Å². The summed E-state index contributed by atoms with van der Waals surface area (Å²) in [4.78, 5) is 24.7. The van der Waals surface area contributed by atoms with Crippen LogP contribution >= 0.6 is 0 Å². The second kappa shape index (κ2) is 2.12. The van der Waals surface area contributed by atoms with Crippen LogP contribution in [0, 0.1) is 11.8 Å². The van der Waals surface area contributed by atoms with Crippen LogP contribution in [0.5, 0.6) is 0 Å². The average molecular weight is 180 g/mol. The molecule has 2 aliphatic carbocycles. The van der Waals surface area contributed by atoms with Crippen molar-refractivity contribution >= 4 is 11.8 Å². The number of piperidine rings is 1. The summed E-state index contributed by atoms with van der Waals surface area (Å²) in [6.07, 6.45) is 3.13. The number of nitrogens with two attached hydrogens (primary N) is 1. The molecule has 2 amide bonds. The number of nitrogens with zero attached hydrogens (tertiary/aromatic N) is 1. The summed E-state index contributed by atoms with van der Waals surface area (Å²) in [7, 11) is 0. The molecule has 0 bridgehead atoms. The van der Waals surface area contributed by atoms with Crippen LogP contribution in [-0.2, 0) is 9.59 Å². The quantitative estimate of drug-likeness (QED) is 0.552. The summed E-state index contributed by atoms with van der Waals surface area (Å²) in [6.45, 7) is 0. The summed E-state index contributed by atoms with van der Waals surface area (Å²) >= 11 is 0. The fourth-order valence-electron chi connectivity index (χ4n) is 2.41. The number of rotatable bonds is 1. The van der Waals surface area contributed by atoms with Gasteiger partial charge >= 0.3 is 0 Å². The molecule has 0 aromatic rings. The van der Waals surface area contributed by atoms with Crippen LogP contribution in [0.2, 0.25) is 0 Å². The molecule has 2 atom stereocenters. The SMILES string of the molecule is NC1C2C(=O)N(C3CCC3)C(=O)C12. The van der Waals surface area contributed by atoms with E-state index in [1.54, 1.807) is 0 Å².